The SMILES string of the molecule is Cc1ccc(C(=O)NCC2(O)Cc3ccccc3C2)cc1[N+](=O)[O-]. The van der Waals surface area contributed by atoms with Gasteiger partial charge in [0, 0.05) is 36.6 Å². The van der Waals surface area contributed by atoms with Gasteiger partial charge in [-0.15, -0.1) is 0 Å². The largest absolute Gasteiger partial charge is 0.387 e. The first-order chi connectivity index (χ1) is 11.4. The number of benzene rings is 2. The predicted molar refractivity (Wildman–Crippen MR) is 89.0 cm³/mol. The Kier molecular flexibility index (Phi) is 4.07. The van der Waals surface area contributed by atoms with E-state index >= 15 is 0 Å². The van der Waals surface area contributed by atoms with Gasteiger partial charge < -0.3 is 10.4 Å². The Morgan fingerprint density at radius 1 is 1.25 bits per heavy atom. The lowest BCUT2D eigenvalue weighted by molar-refractivity contribution is -0.385. The Hall–Kier alpha value is -2.73. The molecule has 0 unspecified atom stereocenters. The van der Waals surface area contributed by atoms with Gasteiger partial charge in [0.2, 0.25) is 0 Å². The van der Waals surface area contributed by atoms with E-state index in [1.807, 2.05) is 24.3 Å². The van der Waals surface area contributed by atoms with Crippen LogP contribution in [0.3, 0.4) is 0 Å². The maximum absolute atomic E-state index is 12.3. The number of nitrogens with one attached hydrogen (secondary N) is 1. The van der Waals surface area contributed by atoms with Crippen molar-refractivity contribution in [3.05, 3.63) is 74.8 Å². The number of hydrogen-bond donors (Lipinski definition) is 2. The molecule has 2 aromatic carbocycles. The molecule has 0 aromatic heterocycles. The molecule has 0 aliphatic heterocycles. The summed E-state index contributed by atoms with van der Waals surface area (Å²) in [7, 11) is 0. The number of fused-ring (bicyclic) bond motifs is 1. The summed E-state index contributed by atoms with van der Waals surface area (Å²) in [6.07, 6.45) is 0.967. The van der Waals surface area contributed by atoms with E-state index in [2.05, 4.69) is 5.32 Å². The Morgan fingerprint density at radius 2 is 1.88 bits per heavy atom. The molecule has 2 N–H and O–H groups in total. The number of amides is 1. The van der Waals surface area contributed by atoms with E-state index in [9.17, 15) is 20.0 Å². The number of nitro groups is 1. The topological polar surface area (TPSA) is 92.5 Å². The van der Waals surface area contributed by atoms with E-state index < -0.39 is 16.4 Å². The quantitative estimate of drug-likeness (QED) is 0.665. The monoisotopic (exact) mass is 326 g/mol. The number of rotatable bonds is 4. The molecule has 6 heteroatoms. The summed E-state index contributed by atoms with van der Waals surface area (Å²) in [4.78, 5) is 22.7. The van der Waals surface area contributed by atoms with E-state index in [1.165, 1.54) is 6.07 Å². The Bertz CT molecular complexity index is 791. The van der Waals surface area contributed by atoms with Gasteiger partial charge in [-0.05, 0) is 24.1 Å². The van der Waals surface area contributed by atoms with Crippen LogP contribution in [0.4, 0.5) is 5.69 Å². The molecule has 24 heavy (non-hydrogen) atoms. The average molecular weight is 326 g/mol. The minimum Gasteiger partial charge on any atom is -0.387 e. The fourth-order valence-electron chi connectivity index (χ4n) is 3.09. The van der Waals surface area contributed by atoms with Crippen LogP contribution in [0.25, 0.3) is 0 Å². The number of nitrogens with zero attached hydrogens (tertiary/aromatic N) is 1. The standard InChI is InChI=1S/C18H18N2O4/c1-12-6-7-13(8-16(12)20(23)24)17(21)19-11-18(22)9-14-4-2-3-5-15(14)10-18/h2-8,22H,9-11H2,1H3,(H,19,21). The number of aryl methyl sites for hydroxylation is 1. The second-order valence-corrected chi connectivity index (χ2v) is 6.29. The van der Waals surface area contributed by atoms with Gasteiger partial charge in [0.25, 0.3) is 11.6 Å². The zero-order valence-corrected chi connectivity index (χ0v) is 13.3. The lowest BCUT2D eigenvalue weighted by atomic mass is 10.0. The fourth-order valence-corrected chi connectivity index (χ4v) is 3.09. The van der Waals surface area contributed by atoms with Gasteiger partial charge in [-0.2, -0.15) is 0 Å². The van der Waals surface area contributed by atoms with Crippen LogP contribution in [0.1, 0.15) is 27.0 Å². The summed E-state index contributed by atoms with van der Waals surface area (Å²) in [6, 6.07) is 12.1. The average Bonchev–Trinajstić information content (AvgIpc) is 2.89. The van der Waals surface area contributed by atoms with Gasteiger partial charge in [0.05, 0.1) is 10.5 Å². The molecule has 0 spiro atoms. The second-order valence-electron chi connectivity index (χ2n) is 6.29. The lowest BCUT2D eigenvalue weighted by Crippen LogP contribution is -2.43. The smallest absolute Gasteiger partial charge is 0.273 e. The van der Waals surface area contributed by atoms with Crippen molar-refractivity contribution in [2.45, 2.75) is 25.4 Å². The first-order valence-corrected chi connectivity index (χ1v) is 7.70. The van der Waals surface area contributed by atoms with Gasteiger partial charge in [-0.1, -0.05) is 30.3 Å². The Morgan fingerprint density at radius 3 is 2.46 bits per heavy atom. The molecule has 1 aliphatic carbocycles. The Labute approximate surface area is 139 Å². The Balaban J connectivity index is 1.68. The van der Waals surface area contributed by atoms with Crippen molar-refractivity contribution >= 4 is 11.6 Å². The molecule has 124 valence electrons. The molecule has 0 heterocycles. The molecular weight excluding hydrogens is 308 g/mol. The molecule has 2 aromatic rings. The van der Waals surface area contributed by atoms with Gasteiger partial charge in [0.1, 0.15) is 0 Å². The van der Waals surface area contributed by atoms with Crippen molar-refractivity contribution in [1.29, 1.82) is 0 Å². The third-order valence-corrected chi connectivity index (χ3v) is 4.40. The van der Waals surface area contributed by atoms with Crippen LogP contribution in [0.5, 0.6) is 0 Å². The first-order valence-electron chi connectivity index (χ1n) is 7.70. The molecule has 1 aliphatic rings. The van der Waals surface area contributed by atoms with Crippen LogP contribution < -0.4 is 5.32 Å². The molecule has 0 saturated carbocycles. The number of aliphatic hydroxyl groups is 1. The summed E-state index contributed by atoms with van der Waals surface area (Å²) in [5.74, 6) is -0.428. The highest BCUT2D eigenvalue weighted by Gasteiger charge is 2.35. The van der Waals surface area contributed by atoms with Gasteiger partial charge in [0.15, 0.2) is 0 Å². The number of carbonyl (C=O) groups is 1. The van der Waals surface area contributed by atoms with Crippen LogP contribution in [0, 0.1) is 17.0 Å². The maximum Gasteiger partial charge on any atom is 0.273 e. The van der Waals surface area contributed by atoms with Crippen LogP contribution in [-0.4, -0.2) is 28.1 Å². The molecule has 0 fully saturated rings. The van der Waals surface area contributed by atoms with E-state index in [-0.39, 0.29) is 17.8 Å². The summed E-state index contributed by atoms with van der Waals surface area (Å²) in [5, 5.41) is 24.3. The maximum atomic E-state index is 12.3. The molecule has 0 saturated heterocycles. The minimum absolute atomic E-state index is 0.0883. The van der Waals surface area contributed by atoms with Crippen molar-refractivity contribution in [2.75, 3.05) is 6.54 Å². The first kappa shape index (κ1) is 16.1. The van der Waals surface area contributed by atoms with Gasteiger partial charge >= 0.3 is 0 Å². The van der Waals surface area contributed by atoms with Crippen LogP contribution in [0.2, 0.25) is 0 Å². The third kappa shape index (κ3) is 3.14. The van der Waals surface area contributed by atoms with E-state index in [0.717, 1.165) is 11.1 Å². The second kappa shape index (κ2) is 6.05. The summed E-state index contributed by atoms with van der Waals surface area (Å²) in [6.45, 7) is 1.72. The van der Waals surface area contributed by atoms with Gasteiger partial charge in [-0.25, -0.2) is 0 Å². The zero-order valence-electron chi connectivity index (χ0n) is 13.3. The van der Waals surface area contributed by atoms with Crippen molar-refractivity contribution in [3.63, 3.8) is 0 Å². The summed E-state index contributed by atoms with van der Waals surface area (Å²) in [5.41, 5.74) is 1.78. The molecule has 6 nitrogen and oxygen atoms in total. The number of nitro benzene ring substituents is 1. The van der Waals surface area contributed by atoms with E-state index in [4.69, 9.17) is 0 Å². The highest BCUT2D eigenvalue weighted by atomic mass is 16.6. The third-order valence-electron chi connectivity index (χ3n) is 4.40. The molecular formula is C18H18N2O4. The van der Waals surface area contributed by atoms with Crippen LogP contribution >= 0.6 is 0 Å². The van der Waals surface area contributed by atoms with Gasteiger partial charge in [-0.3, -0.25) is 14.9 Å². The number of carbonyl (C=O) groups excluding carboxylic acids is 1. The normalized spacial score (nSPS) is 14.9. The molecule has 0 bridgehead atoms. The highest BCUT2D eigenvalue weighted by Crippen LogP contribution is 2.29. The molecule has 0 radical (unpaired) electrons. The van der Waals surface area contributed by atoms with Crippen molar-refractivity contribution in [1.82, 2.24) is 5.32 Å². The molecule has 3 rings (SSSR count). The summed E-state index contributed by atoms with van der Waals surface area (Å²) < 4.78 is 0. The minimum atomic E-state index is -1.02. The lowest BCUT2D eigenvalue weighted by Gasteiger charge is -2.22. The van der Waals surface area contributed by atoms with E-state index in [1.54, 1.807) is 19.1 Å². The number of hydrogen-bond acceptors (Lipinski definition) is 4. The highest BCUT2D eigenvalue weighted by molar-refractivity contribution is 5.95. The molecule has 1 amide bonds. The van der Waals surface area contributed by atoms with E-state index in [0.29, 0.717) is 18.4 Å². The summed E-state index contributed by atoms with van der Waals surface area (Å²) >= 11 is 0. The van der Waals surface area contributed by atoms with Crippen molar-refractivity contribution in [3.8, 4) is 0 Å². The van der Waals surface area contributed by atoms with Crippen molar-refractivity contribution in [2.24, 2.45) is 0 Å². The predicted octanol–water partition coefficient (Wildman–Crippen LogP) is 2.16. The van der Waals surface area contributed by atoms with Crippen molar-refractivity contribution < 1.29 is 14.8 Å². The molecule has 0 atom stereocenters. The van der Waals surface area contributed by atoms with Crippen LogP contribution in [0.15, 0.2) is 42.5 Å². The zero-order chi connectivity index (χ0) is 17.3. The van der Waals surface area contributed by atoms with Crippen LogP contribution in [-0.2, 0) is 12.8 Å². The fraction of sp³-hybridized carbons (Fsp3) is 0.278.